The fourth-order valence-electron chi connectivity index (χ4n) is 3.41. The van der Waals surface area contributed by atoms with Crippen LogP contribution in [0.25, 0.3) is 0 Å². The molecule has 1 fully saturated rings. The van der Waals surface area contributed by atoms with Crippen molar-refractivity contribution >= 4 is 0 Å². The lowest BCUT2D eigenvalue weighted by Gasteiger charge is -2.48. The molecule has 2 aliphatic carbocycles. The summed E-state index contributed by atoms with van der Waals surface area (Å²) in [7, 11) is 0. The summed E-state index contributed by atoms with van der Waals surface area (Å²) < 4.78 is 0. The third-order valence-corrected chi connectivity index (χ3v) is 5.05. The van der Waals surface area contributed by atoms with E-state index in [9.17, 15) is 0 Å². The largest absolute Gasteiger partial charge is 0.0845 e. The van der Waals surface area contributed by atoms with Crippen molar-refractivity contribution in [1.29, 1.82) is 0 Å². The van der Waals surface area contributed by atoms with Crippen LogP contribution >= 0.6 is 0 Å². The molecule has 1 saturated carbocycles. The van der Waals surface area contributed by atoms with Gasteiger partial charge in [-0.15, -0.1) is 0 Å². The van der Waals surface area contributed by atoms with Gasteiger partial charge in [0, 0.05) is 0 Å². The zero-order valence-corrected chi connectivity index (χ0v) is 10.1. The zero-order valence-electron chi connectivity index (χ0n) is 10.1. The molecule has 0 radical (unpaired) electrons. The molecular weight excluding hydrogens is 168 g/mol. The molecule has 0 amide bonds. The second kappa shape index (κ2) is 3.40. The molecule has 0 heteroatoms. The molecule has 0 aliphatic heterocycles. The highest BCUT2D eigenvalue weighted by atomic mass is 14.5. The number of hydrogen-bond donors (Lipinski definition) is 0. The van der Waals surface area contributed by atoms with Crippen LogP contribution in [0.3, 0.4) is 0 Å². The van der Waals surface area contributed by atoms with E-state index in [-0.39, 0.29) is 0 Å². The number of allylic oxidation sites excluding steroid dienone is 2. The second-order valence-corrected chi connectivity index (χ2v) is 6.00. The molecule has 14 heavy (non-hydrogen) atoms. The third kappa shape index (κ3) is 1.43. The van der Waals surface area contributed by atoms with E-state index >= 15 is 0 Å². The maximum absolute atomic E-state index is 2.56. The highest BCUT2D eigenvalue weighted by Crippen LogP contribution is 2.53. The summed E-state index contributed by atoms with van der Waals surface area (Å²) in [6.45, 7) is 9.79. The van der Waals surface area contributed by atoms with Crippen LogP contribution in [0, 0.1) is 23.2 Å². The first-order valence-corrected chi connectivity index (χ1v) is 6.23. The van der Waals surface area contributed by atoms with Gasteiger partial charge >= 0.3 is 0 Å². The molecule has 0 bridgehead atoms. The van der Waals surface area contributed by atoms with Crippen molar-refractivity contribution in [3.05, 3.63) is 11.6 Å². The monoisotopic (exact) mass is 192 g/mol. The first-order valence-electron chi connectivity index (χ1n) is 6.23. The molecule has 2 aliphatic rings. The maximum atomic E-state index is 2.56. The molecule has 4 atom stereocenters. The summed E-state index contributed by atoms with van der Waals surface area (Å²) >= 11 is 0. The Labute approximate surface area is 88.8 Å². The third-order valence-electron chi connectivity index (χ3n) is 5.05. The molecule has 0 nitrogen and oxygen atoms in total. The van der Waals surface area contributed by atoms with Crippen LogP contribution in [-0.4, -0.2) is 0 Å². The van der Waals surface area contributed by atoms with Crippen molar-refractivity contribution in [2.24, 2.45) is 23.2 Å². The molecule has 2 rings (SSSR count). The van der Waals surface area contributed by atoms with E-state index in [0.717, 1.165) is 17.8 Å². The van der Waals surface area contributed by atoms with E-state index in [4.69, 9.17) is 0 Å². The quantitative estimate of drug-likeness (QED) is 0.499. The minimum absolute atomic E-state index is 0.546. The first-order chi connectivity index (χ1) is 6.54. The smallest absolute Gasteiger partial charge is 0.00879 e. The molecule has 0 heterocycles. The van der Waals surface area contributed by atoms with E-state index < -0.39 is 0 Å². The second-order valence-electron chi connectivity index (χ2n) is 6.00. The molecule has 0 N–H and O–H groups in total. The molecule has 0 aromatic heterocycles. The molecule has 2 unspecified atom stereocenters. The molecular formula is C14H24. The van der Waals surface area contributed by atoms with Crippen LogP contribution in [0.15, 0.2) is 11.6 Å². The summed E-state index contributed by atoms with van der Waals surface area (Å²) in [5.41, 5.74) is 2.33. The predicted molar refractivity (Wildman–Crippen MR) is 62.2 cm³/mol. The van der Waals surface area contributed by atoms with Crippen LogP contribution < -0.4 is 0 Å². The van der Waals surface area contributed by atoms with Crippen LogP contribution in [0.4, 0.5) is 0 Å². The average Bonchev–Trinajstić information content (AvgIpc) is 2.16. The van der Waals surface area contributed by atoms with Crippen molar-refractivity contribution in [1.82, 2.24) is 0 Å². The molecule has 80 valence electrons. The van der Waals surface area contributed by atoms with Gasteiger partial charge in [-0.25, -0.2) is 0 Å². The first kappa shape index (κ1) is 10.3. The molecule has 0 aromatic carbocycles. The lowest BCUT2D eigenvalue weighted by atomic mass is 9.57. The van der Waals surface area contributed by atoms with Crippen LogP contribution in [-0.2, 0) is 0 Å². The summed E-state index contributed by atoms with van der Waals surface area (Å²) in [6, 6.07) is 0. The minimum Gasteiger partial charge on any atom is -0.0845 e. The summed E-state index contributed by atoms with van der Waals surface area (Å²) in [4.78, 5) is 0. The van der Waals surface area contributed by atoms with Gasteiger partial charge in [0.2, 0.25) is 0 Å². The van der Waals surface area contributed by atoms with Crippen molar-refractivity contribution in [2.75, 3.05) is 0 Å². The van der Waals surface area contributed by atoms with Gasteiger partial charge < -0.3 is 0 Å². The normalized spacial score (nSPS) is 48.3. The predicted octanol–water partition coefficient (Wildman–Crippen LogP) is 4.42. The van der Waals surface area contributed by atoms with Gasteiger partial charge in [0.15, 0.2) is 0 Å². The number of hydrogen-bond acceptors (Lipinski definition) is 0. The zero-order chi connectivity index (χ0) is 10.3. The van der Waals surface area contributed by atoms with Crippen LogP contribution in [0.1, 0.15) is 53.4 Å². The van der Waals surface area contributed by atoms with Gasteiger partial charge in [-0.2, -0.15) is 0 Å². The highest BCUT2D eigenvalue weighted by molar-refractivity contribution is 5.21. The fourth-order valence-corrected chi connectivity index (χ4v) is 3.41. The molecule has 0 aromatic rings. The van der Waals surface area contributed by atoms with Gasteiger partial charge in [0.1, 0.15) is 0 Å². The van der Waals surface area contributed by atoms with Crippen LogP contribution in [0.2, 0.25) is 0 Å². The van der Waals surface area contributed by atoms with Gasteiger partial charge in [0.25, 0.3) is 0 Å². The Balaban J connectivity index is 2.28. The van der Waals surface area contributed by atoms with E-state index in [1.165, 1.54) is 25.7 Å². The summed E-state index contributed by atoms with van der Waals surface area (Å²) in [6.07, 6.45) is 8.10. The number of fused-ring (bicyclic) bond motifs is 1. The van der Waals surface area contributed by atoms with Gasteiger partial charge in [-0.3, -0.25) is 0 Å². The summed E-state index contributed by atoms with van der Waals surface area (Å²) in [5.74, 6) is 2.70. The standard InChI is InChI=1S/C14H24/c1-10-7-8-14(4)12(3)11(2)5-6-13(14)9-10/h6,10-12H,5,7-9H2,1-4H3/t10-,11?,12?,14+/m0/s1. The van der Waals surface area contributed by atoms with Crippen molar-refractivity contribution in [3.63, 3.8) is 0 Å². The number of rotatable bonds is 0. The highest BCUT2D eigenvalue weighted by Gasteiger charge is 2.42. The van der Waals surface area contributed by atoms with E-state index in [1.807, 2.05) is 0 Å². The van der Waals surface area contributed by atoms with Gasteiger partial charge in [0.05, 0.1) is 0 Å². The van der Waals surface area contributed by atoms with E-state index in [2.05, 4.69) is 33.8 Å². The van der Waals surface area contributed by atoms with E-state index in [1.54, 1.807) is 5.57 Å². The maximum Gasteiger partial charge on any atom is -0.00879 e. The van der Waals surface area contributed by atoms with Gasteiger partial charge in [-0.1, -0.05) is 39.3 Å². The van der Waals surface area contributed by atoms with Crippen LogP contribution in [0.5, 0.6) is 0 Å². The topological polar surface area (TPSA) is 0 Å². The van der Waals surface area contributed by atoms with E-state index in [0.29, 0.717) is 5.41 Å². The summed E-state index contributed by atoms with van der Waals surface area (Å²) in [5, 5.41) is 0. The lowest BCUT2D eigenvalue weighted by Crippen LogP contribution is -2.38. The Kier molecular flexibility index (Phi) is 2.49. The molecule has 0 saturated heterocycles. The lowest BCUT2D eigenvalue weighted by molar-refractivity contribution is 0.117. The minimum atomic E-state index is 0.546. The average molecular weight is 192 g/mol. The van der Waals surface area contributed by atoms with Crippen molar-refractivity contribution in [3.8, 4) is 0 Å². The Morgan fingerprint density at radius 1 is 1.29 bits per heavy atom. The van der Waals surface area contributed by atoms with Crippen molar-refractivity contribution in [2.45, 2.75) is 53.4 Å². The Hall–Kier alpha value is -0.260. The van der Waals surface area contributed by atoms with Crippen molar-refractivity contribution < 1.29 is 0 Å². The Morgan fingerprint density at radius 3 is 2.71 bits per heavy atom. The van der Waals surface area contributed by atoms with Gasteiger partial charge in [-0.05, 0) is 48.9 Å². The Morgan fingerprint density at radius 2 is 2.00 bits per heavy atom. The Bertz CT molecular complexity index is 251. The molecule has 0 spiro atoms. The SMILES string of the molecule is CC1CC=C2C[C@@H](C)CC[C@]2(C)C1C. The fraction of sp³-hybridized carbons (Fsp3) is 0.857.